The number of thioether (sulfide) groups is 1. The average molecular weight is 363 g/mol. The number of carbonyl (C=O) groups is 1. The molecule has 1 heterocycles. The fourth-order valence-corrected chi connectivity index (χ4v) is 3.87. The molecule has 1 aliphatic heterocycles. The average Bonchev–Trinajstić information content (AvgIpc) is 2.79. The van der Waals surface area contributed by atoms with Crippen LogP contribution in [0.3, 0.4) is 0 Å². The van der Waals surface area contributed by atoms with E-state index in [0.29, 0.717) is 11.6 Å². The third kappa shape index (κ3) is 4.21. The first-order valence-electron chi connectivity index (χ1n) is 8.54. The summed E-state index contributed by atoms with van der Waals surface area (Å²) in [7, 11) is 3.74. The van der Waals surface area contributed by atoms with Gasteiger partial charge in [0.15, 0.2) is 0 Å². The molecule has 0 unspecified atom stereocenters. The number of nitrogens with zero attached hydrogens (tertiary/aromatic N) is 2. The molecule has 0 radical (unpaired) electrons. The Morgan fingerprint density at radius 3 is 1.92 bits per heavy atom. The van der Waals surface area contributed by atoms with E-state index in [1.807, 2.05) is 37.3 Å². The lowest BCUT2D eigenvalue weighted by atomic mass is 9.78. The Hall–Kier alpha value is -1.46. The van der Waals surface area contributed by atoms with Crippen molar-refractivity contribution in [2.24, 2.45) is 0 Å². The summed E-state index contributed by atoms with van der Waals surface area (Å²) in [5, 5.41) is 14.3. The minimum Gasteiger partial charge on any atom is -0.507 e. The van der Waals surface area contributed by atoms with E-state index >= 15 is 0 Å². The SMILES string of the molecule is CN(C)N1CS/C(=C/c2cc(C(C)(C)C)c(O)c(C(C)(C)C)c2)C1=O. The number of hydrogen-bond donors (Lipinski definition) is 1. The number of hydrazine groups is 1. The Morgan fingerprint density at radius 1 is 1.08 bits per heavy atom. The highest BCUT2D eigenvalue weighted by Gasteiger charge is 2.30. The topological polar surface area (TPSA) is 43.8 Å². The molecule has 1 saturated heterocycles. The number of benzene rings is 1. The van der Waals surface area contributed by atoms with Crippen molar-refractivity contribution in [1.82, 2.24) is 10.0 Å². The minimum atomic E-state index is -0.179. The van der Waals surface area contributed by atoms with Gasteiger partial charge in [0.1, 0.15) is 5.75 Å². The van der Waals surface area contributed by atoms with Gasteiger partial charge in [0, 0.05) is 25.2 Å². The first kappa shape index (κ1) is 19.9. The third-order valence-electron chi connectivity index (χ3n) is 4.32. The van der Waals surface area contributed by atoms with Crippen molar-refractivity contribution in [3.8, 4) is 5.75 Å². The van der Waals surface area contributed by atoms with Crippen molar-refractivity contribution in [2.75, 3.05) is 20.0 Å². The van der Waals surface area contributed by atoms with E-state index in [1.165, 1.54) is 0 Å². The molecule has 2 rings (SSSR count). The fourth-order valence-electron chi connectivity index (χ4n) is 2.81. The molecular weight excluding hydrogens is 332 g/mol. The molecule has 0 spiro atoms. The Bertz CT molecular complexity index is 674. The Balaban J connectivity index is 2.56. The summed E-state index contributed by atoms with van der Waals surface area (Å²) in [5.74, 6) is 1.02. The molecule has 5 heteroatoms. The summed E-state index contributed by atoms with van der Waals surface area (Å²) in [5.41, 5.74) is 2.42. The van der Waals surface area contributed by atoms with E-state index in [1.54, 1.807) is 16.8 Å². The van der Waals surface area contributed by atoms with Crippen molar-refractivity contribution in [3.63, 3.8) is 0 Å². The quantitative estimate of drug-likeness (QED) is 0.795. The normalized spacial score (nSPS) is 17.9. The largest absolute Gasteiger partial charge is 0.507 e. The van der Waals surface area contributed by atoms with Gasteiger partial charge < -0.3 is 5.11 Å². The lowest BCUT2D eigenvalue weighted by molar-refractivity contribution is -0.136. The highest BCUT2D eigenvalue weighted by molar-refractivity contribution is 8.04. The van der Waals surface area contributed by atoms with Crippen LogP contribution in [0.25, 0.3) is 6.08 Å². The van der Waals surface area contributed by atoms with Crippen LogP contribution in [0.15, 0.2) is 17.0 Å². The summed E-state index contributed by atoms with van der Waals surface area (Å²) in [6.07, 6.45) is 1.94. The van der Waals surface area contributed by atoms with E-state index in [2.05, 4.69) is 41.5 Å². The van der Waals surface area contributed by atoms with E-state index in [-0.39, 0.29) is 16.7 Å². The van der Waals surface area contributed by atoms with E-state index in [4.69, 9.17) is 0 Å². The number of amides is 1. The zero-order valence-electron chi connectivity index (χ0n) is 16.6. The molecule has 0 aromatic heterocycles. The van der Waals surface area contributed by atoms with Crippen molar-refractivity contribution in [3.05, 3.63) is 33.7 Å². The van der Waals surface area contributed by atoms with Gasteiger partial charge >= 0.3 is 0 Å². The Labute approximate surface area is 155 Å². The molecule has 1 fully saturated rings. The smallest absolute Gasteiger partial charge is 0.275 e. The Kier molecular flexibility index (Phi) is 5.31. The van der Waals surface area contributed by atoms with Crippen LogP contribution in [-0.4, -0.2) is 41.0 Å². The maximum absolute atomic E-state index is 12.5. The second-order valence-electron chi connectivity index (χ2n) is 8.80. The predicted octanol–water partition coefficient (Wildman–Crippen LogP) is 4.34. The van der Waals surface area contributed by atoms with Gasteiger partial charge in [-0.15, -0.1) is 0 Å². The Morgan fingerprint density at radius 2 is 1.56 bits per heavy atom. The molecule has 138 valence electrons. The van der Waals surface area contributed by atoms with Crippen LogP contribution in [0.5, 0.6) is 5.75 Å². The summed E-state index contributed by atoms with van der Waals surface area (Å²) in [4.78, 5) is 13.3. The van der Waals surface area contributed by atoms with Crippen molar-refractivity contribution >= 4 is 23.7 Å². The van der Waals surface area contributed by atoms with Crippen molar-refractivity contribution in [1.29, 1.82) is 0 Å². The summed E-state index contributed by atoms with van der Waals surface area (Å²) >= 11 is 1.55. The lowest BCUT2D eigenvalue weighted by Gasteiger charge is -2.28. The molecule has 1 aromatic carbocycles. The summed E-state index contributed by atoms with van der Waals surface area (Å²) in [6, 6.07) is 4.01. The molecule has 1 aromatic rings. The first-order valence-corrected chi connectivity index (χ1v) is 9.52. The van der Waals surface area contributed by atoms with Gasteiger partial charge in [-0.3, -0.25) is 9.80 Å². The van der Waals surface area contributed by atoms with Gasteiger partial charge in [-0.25, -0.2) is 5.01 Å². The number of phenolic OH excluding ortho intramolecular Hbond substituents is 1. The number of aromatic hydroxyl groups is 1. The number of rotatable bonds is 2. The minimum absolute atomic E-state index is 0.0256. The highest BCUT2D eigenvalue weighted by atomic mass is 32.2. The zero-order chi connectivity index (χ0) is 19.2. The maximum Gasteiger partial charge on any atom is 0.275 e. The third-order valence-corrected chi connectivity index (χ3v) is 5.29. The molecule has 0 atom stereocenters. The first-order chi connectivity index (χ1) is 11.3. The number of carbonyl (C=O) groups excluding carboxylic acids is 1. The molecule has 0 aliphatic carbocycles. The fraction of sp³-hybridized carbons (Fsp3) is 0.550. The van der Waals surface area contributed by atoms with E-state index < -0.39 is 0 Å². The molecule has 0 bridgehead atoms. The van der Waals surface area contributed by atoms with Crippen LogP contribution >= 0.6 is 11.8 Å². The van der Waals surface area contributed by atoms with Crippen LogP contribution in [0, 0.1) is 0 Å². The van der Waals surface area contributed by atoms with Gasteiger partial charge in [0.25, 0.3) is 5.91 Å². The van der Waals surface area contributed by atoms with Gasteiger partial charge in [0.2, 0.25) is 0 Å². The molecule has 0 saturated carbocycles. The van der Waals surface area contributed by atoms with Crippen LogP contribution in [0.1, 0.15) is 58.2 Å². The van der Waals surface area contributed by atoms with Gasteiger partial charge in [-0.2, -0.15) is 0 Å². The highest BCUT2D eigenvalue weighted by Crippen LogP contribution is 2.41. The molecule has 1 amide bonds. The lowest BCUT2D eigenvalue weighted by Crippen LogP contribution is -2.37. The van der Waals surface area contributed by atoms with Crippen LogP contribution in [0.4, 0.5) is 0 Å². The number of phenols is 1. The summed E-state index contributed by atoms with van der Waals surface area (Å²) in [6.45, 7) is 12.6. The summed E-state index contributed by atoms with van der Waals surface area (Å²) < 4.78 is 0. The van der Waals surface area contributed by atoms with Crippen LogP contribution in [-0.2, 0) is 15.6 Å². The second kappa shape index (κ2) is 6.69. The molecule has 1 aliphatic rings. The van der Waals surface area contributed by atoms with Gasteiger partial charge in [0.05, 0.1) is 10.8 Å². The monoisotopic (exact) mass is 362 g/mol. The zero-order valence-corrected chi connectivity index (χ0v) is 17.4. The van der Waals surface area contributed by atoms with Crippen molar-refractivity contribution < 1.29 is 9.90 Å². The van der Waals surface area contributed by atoms with Crippen LogP contribution < -0.4 is 0 Å². The van der Waals surface area contributed by atoms with Gasteiger partial charge in [-0.05, 0) is 34.6 Å². The van der Waals surface area contributed by atoms with Gasteiger partial charge in [-0.1, -0.05) is 53.3 Å². The maximum atomic E-state index is 12.5. The standard InChI is InChI=1S/C20H30N2O2S/c1-19(2,3)14-9-13(10-15(17(14)23)20(4,5)6)11-16-18(24)22(12-25-16)21(7)8/h9-11,23H,12H2,1-8H3/b16-11+. The molecular formula is C20H30N2O2S. The molecule has 1 N–H and O–H groups in total. The van der Waals surface area contributed by atoms with Crippen LogP contribution in [0.2, 0.25) is 0 Å². The van der Waals surface area contributed by atoms with E-state index in [0.717, 1.165) is 21.6 Å². The van der Waals surface area contributed by atoms with Crippen molar-refractivity contribution in [2.45, 2.75) is 52.4 Å². The molecule has 4 nitrogen and oxygen atoms in total. The number of hydrogen-bond acceptors (Lipinski definition) is 4. The molecule has 25 heavy (non-hydrogen) atoms. The van der Waals surface area contributed by atoms with E-state index in [9.17, 15) is 9.90 Å². The predicted molar refractivity (Wildman–Crippen MR) is 106 cm³/mol. The second-order valence-corrected chi connectivity index (χ2v) is 9.79.